The quantitative estimate of drug-likeness (QED) is 0.350. The topological polar surface area (TPSA) is 72.8 Å². The van der Waals surface area contributed by atoms with Crippen LogP contribution in [0.2, 0.25) is 0 Å². The Morgan fingerprint density at radius 2 is 1.90 bits per heavy atom. The first-order valence-electron chi connectivity index (χ1n) is 8.65. The van der Waals surface area contributed by atoms with Gasteiger partial charge < -0.3 is 4.74 Å². The maximum Gasteiger partial charge on any atom is 0.429 e. The monoisotopic (exact) mass is 407 g/mol. The first-order valence-corrected chi connectivity index (χ1v) is 8.65. The van der Waals surface area contributed by atoms with E-state index in [4.69, 9.17) is 4.74 Å². The van der Waals surface area contributed by atoms with E-state index in [1.807, 2.05) is 19.0 Å². The Labute approximate surface area is 166 Å². The number of fused-ring (bicyclic) bond motifs is 1. The molecule has 29 heavy (non-hydrogen) atoms. The molecule has 0 saturated carbocycles. The standard InChI is InChI=1S/C19H14F3NO4.C2H6/c1-3-5-11(4-2)8-15(24)12-6-7-16-13(9-12)10-14(18(25)23-26)17(27-16)19(20,21)22;1-2/h3-7,9-10,17H,1-2,8H2;1-2H3/b11-5+;. The first kappa shape index (κ1) is 23.7. The van der Waals surface area contributed by atoms with Crippen molar-refractivity contribution in [2.24, 2.45) is 5.18 Å². The number of rotatable bonds is 6. The van der Waals surface area contributed by atoms with Gasteiger partial charge in [0.05, 0.1) is 5.57 Å². The second-order valence-corrected chi connectivity index (χ2v) is 5.57. The van der Waals surface area contributed by atoms with E-state index in [9.17, 15) is 27.7 Å². The van der Waals surface area contributed by atoms with Crippen LogP contribution in [0.5, 0.6) is 5.75 Å². The maximum atomic E-state index is 13.1. The summed E-state index contributed by atoms with van der Waals surface area (Å²) in [5.41, 5.74) is -0.0615. The van der Waals surface area contributed by atoms with Crippen molar-refractivity contribution in [1.82, 2.24) is 0 Å². The molecule has 1 aliphatic rings. The minimum absolute atomic E-state index is 0.00569. The number of amides is 1. The van der Waals surface area contributed by atoms with Gasteiger partial charge in [0, 0.05) is 22.7 Å². The zero-order valence-corrected chi connectivity index (χ0v) is 16.0. The zero-order valence-electron chi connectivity index (χ0n) is 16.0. The Balaban J connectivity index is 0.00000204. The smallest absolute Gasteiger partial charge is 0.429 e. The molecule has 1 aromatic carbocycles. The number of ketones is 1. The number of hydrogen-bond acceptors (Lipinski definition) is 4. The summed E-state index contributed by atoms with van der Waals surface area (Å²) in [4.78, 5) is 34.3. The van der Waals surface area contributed by atoms with Crippen LogP contribution < -0.4 is 4.74 Å². The molecule has 0 aromatic heterocycles. The van der Waals surface area contributed by atoms with Crippen LogP contribution in [0, 0.1) is 4.91 Å². The number of carbonyl (C=O) groups excluding carboxylic acids is 2. The fourth-order valence-corrected chi connectivity index (χ4v) is 2.48. The zero-order chi connectivity index (χ0) is 22.2. The lowest BCUT2D eigenvalue weighted by Gasteiger charge is -2.27. The normalized spacial score (nSPS) is 15.6. The van der Waals surface area contributed by atoms with E-state index in [-0.39, 0.29) is 29.1 Å². The van der Waals surface area contributed by atoms with E-state index < -0.39 is 23.8 Å². The van der Waals surface area contributed by atoms with Crippen molar-refractivity contribution in [3.8, 4) is 5.75 Å². The van der Waals surface area contributed by atoms with Crippen LogP contribution in [0.3, 0.4) is 0 Å². The van der Waals surface area contributed by atoms with Gasteiger partial charge >= 0.3 is 12.1 Å². The van der Waals surface area contributed by atoms with Gasteiger partial charge in [0.15, 0.2) is 5.78 Å². The summed E-state index contributed by atoms with van der Waals surface area (Å²) >= 11 is 0. The van der Waals surface area contributed by atoms with Crippen molar-refractivity contribution >= 4 is 17.8 Å². The van der Waals surface area contributed by atoms with E-state index in [2.05, 4.69) is 13.2 Å². The predicted octanol–water partition coefficient (Wildman–Crippen LogP) is 5.58. The maximum absolute atomic E-state index is 13.1. The largest absolute Gasteiger partial charge is 0.475 e. The fourth-order valence-electron chi connectivity index (χ4n) is 2.48. The van der Waals surface area contributed by atoms with Gasteiger partial charge in [-0.2, -0.15) is 13.2 Å². The lowest BCUT2D eigenvalue weighted by Crippen LogP contribution is -2.40. The van der Waals surface area contributed by atoms with Crippen LogP contribution in [0.4, 0.5) is 13.2 Å². The molecule has 1 atom stereocenters. The summed E-state index contributed by atoms with van der Waals surface area (Å²) in [5, 5.41) is 2.05. The minimum Gasteiger partial charge on any atom is -0.475 e. The second-order valence-electron chi connectivity index (χ2n) is 5.57. The fraction of sp³-hybridized carbons (Fsp3) is 0.238. The van der Waals surface area contributed by atoms with Crippen molar-refractivity contribution in [2.75, 3.05) is 0 Å². The SMILES string of the molecule is C=C/C=C(\C=C)CC(=O)c1ccc2c(c1)C=C(C(=O)N=O)C(C(F)(F)F)O2.CC. The van der Waals surface area contributed by atoms with Crippen molar-refractivity contribution in [3.63, 3.8) is 0 Å². The summed E-state index contributed by atoms with van der Waals surface area (Å²) in [6, 6.07) is 3.82. The third kappa shape index (κ3) is 5.84. The van der Waals surface area contributed by atoms with Crippen LogP contribution in [-0.4, -0.2) is 24.0 Å². The molecule has 1 unspecified atom stereocenters. The van der Waals surface area contributed by atoms with E-state index in [1.54, 1.807) is 6.08 Å². The molecule has 0 spiro atoms. The lowest BCUT2D eigenvalue weighted by atomic mass is 9.96. The van der Waals surface area contributed by atoms with Gasteiger partial charge in [0.2, 0.25) is 6.10 Å². The average molecular weight is 407 g/mol. The van der Waals surface area contributed by atoms with Crippen molar-refractivity contribution in [2.45, 2.75) is 32.5 Å². The average Bonchev–Trinajstić information content (AvgIpc) is 2.72. The van der Waals surface area contributed by atoms with Crippen molar-refractivity contribution < 1.29 is 27.5 Å². The summed E-state index contributed by atoms with van der Waals surface area (Å²) in [7, 11) is 0. The highest BCUT2D eigenvalue weighted by Crippen LogP contribution is 2.38. The molecule has 0 aliphatic carbocycles. The van der Waals surface area contributed by atoms with Crippen LogP contribution in [-0.2, 0) is 4.79 Å². The van der Waals surface area contributed by atoms with Gasteiger partial charge in [-0.1, -0.05) is 45.2 Å². The second kappa shape index (κ2) is 10.3. The molecule has 0 radical (unpaired) electrons. The van der Waals surface area contributed by atoms with E-state index in [0.29, 0.717) is 5.57 Å². The minimum atomic E-state index is -4.91. The molecule has 8 heteroatoms. The number of nitroso groups, excluding NO2 is 1. The number of alkyl halides is 3. The van der Waals surface area contributed by atoms with Crippen LogP contribution in [0.25, 0.3) is 6.08 Å². The highest BCUT2D eigenvalue weighted by molar-refractivity contribution is 6.02. The molecule has 1 aliphatic heterocycles. The molecule has 0 fully saturated rings. The van der Waals surface area contributed by atoms with Gasteiger partial charge in [0.25, 0.3) is 0 Å². The van der Waals surface area contributed by atoms with Crippen LogP contribution >= 0.6 is 0 Å². The number of Topliss-reactive ketones (excluding diaryl/α,β-unsaturated/α-hetero) is 1. The summed E-state index contributed by atoms with van der Waals surface area (Å²) in [6.07, 6.45) is -2.05. The molecule has 1 amide bonds. The number of halogens is 3. The van der Waals surface area contributed by atoms with E-state index >= 15 is 0 Å². The summed E-state index contributed by atoms with van der Waals surface area (Å²) in [6.45, 7) is 11.1. The third-order valence-corrected chi connectivity index (χ3v) is 3.76. The molecule has 0 N–H and O–H groups in total. The Morgan fingerprint density at radius 1 is 1.24 bits per heavy atom. The molecule has 5 nitrogen and oxygen atoms in total. The molecule has 1 aromatic rings. The van der Waals surface area contributed by atoms with Gasteiger partial charge in [0.1, 0.15) is 5.75 Å². The van der Waals surface area contributed by atoms with Gasteiger partial charge in [-0.3, -0.25) is 9.59 Å². The molecule has 0 saturated heterocycles. The van der Waals surface area contributed by atoms with Gasteiger partial charge in [-0.15, -0.1) is 4.91 Å². The van der Waals surface area contributed by atoms with Crippen LogP contribution in [0.1, 0.15) is 36.2 Å². The van der Waals surface area contributed by atoms with Crippen molar-refractivity contribution in [1.29, 1.82) is 0 Å². The Kier molecular flexibility index (Phi) is 8.44. The number of nitrogens with zero attached hydrogens (tertiary/aromatic N) is 1. The molecule has 2 rings (SSSR count). The predicted molar refractivity (Wildman–Crippen MR) is 104 cm³/mol. The number of ether oxygens (including phenoxy) is 1. The Hall–Kier alpha value is -3.29. The molecule has 154 valence electrons. The summed E-state index contributed by atoms with van der Waals surface area (Å²) < 4.78 is 44.2. The molecule has 1 heterocycles. The summed E-state index contributed by atoms with van der Waals surface area (Å²) in [5.74, 6) is -2.07. The molecular formula is C21H20F3NO4. The molecular weight excluding hydrogens is 387 g/mol. The number of hydrogen-bond donors (Lipinski definition) is 0. The number of carbonyl (C=O) groups is 2. The van der Waals surface area contributed by atoms with Gasteiger partial charge in [-0.05, 0) is 29.8 Å². The molecule has 0 bridgehead atoms. The van der Waals surface area contributed by atoms with E-state index in [0.717, 1.165) is 6.08 Å². The lowest BCUT2D eigenvalue weighted by molar-refractivity contribution is -0.185. The Bertz CT molecular complexity index is 882. The highest BCUT2D eigenvalue weighted by atomic mass is 19.4. The van der Waals surface area contributed by atoms with E-state index in [1.165, 1.54) is 30.4 Å². The highest BCUT2D eigenvalue weighted by Gasteiger charge is 2.48. The van der Waals surface area contributed by atoms with Gasteiger partial charge in [-0.25, -0.2) is 0 Å². The number of allylic oxidation sites excluding steroid dienone is 4. The first-order chi connectivity index (χ1) is 13.7. The third-order valence-electron chi connectivity index (χ3n) is 3.76. The van der Waals surface area contributed by atoms with Crippen molar-refractivity contribution in [3.05, 3.63) is 76.8 Å². The van der Waals surface area contributed by atoms with Crippen LogP contribution in [0.15, 0.2) is 65.9 Å². The number of benzene rings is 1. The Morgan fingerprint density at radius 3 is 2.41 bits per heavy atom.